The third kappa shape index (κ3) is 3.78. The monoisotopic (exact) mass is 286 g/mol. The van der Waals surface area contributed by atoms with Crippen LogP contribution in [0.1, 0.15) is 34.4 Å². The maximum atomic E-state index is 11.7. The highest BCUT2D eigenvalue weighted by molar-refractivity contribution is 5.90. The van der Waals surface area contributed by atoms with Gasteiger partial charge in [-0.3, -0.25) is 0 Å². The summed E-state index contributed by atoms with van der Waals surface area (Å²) in [5, 5.41) is 0. The summed E-state index contributed by atoms with van der Waals surface area (Å²) < 4.78 is 10.2. The quantitative estimate of drug-likeness (QED) is 0.790. The van der Waals surface area contributed by atoms with Crippen molar-refractivity contribution in [3.05, 3.63) is 53.1 Å². The predicted octanol–water partition coefficient (Wildman–Crippen LogP) is 2.56. The zero-order valence-electron chi connectivity index (χ0n) is 12.4. The van der Waals surface area contributed by atoms with E-state index in [-0.39, 0.29) is 5.97 Å². The minimum atomic E-state index is -0.386. The Labute approximate surface area is 124 Å². The van der Waals surface area contributed by atoms with Gasteiger partial charge in [0.25, 0.3) is 0 Å². The van der Waals surface area contributed by atoms with Crippen LogP contribution in [-0.4, -0.2) is 29.7 Å². The number of aryl methyl sites for hydroxylation is 1. The molecule has 21 heavy (non-hydrogen) atoms. The summed E-state index contributed by atoms with van der Waals surface area (Å²) in [6.07, 6.45) is 2.11. The van der Waals surface area contributed by atoms with Gasteiger partial charge in [-0.1, -0.05) is 12.1 Å². The Morgan fingerprint density at radius 2 is 2.14 bits per heavy atom. The van der Waals surface area contributed by atoms with Crippen molar-refractivity contribution in [2.45, 2.75) is 20.3 Å². The first-order valence-electron chi connectivity index (χ1n) is 6.76. The molecule has 1 aromatic carbocycles. The second kappa shape index (κ2) is 6.83. The van der Waals surface area contributed by atoms with Crippen molar-refractivity contribution in [3.63, 3.8) is 0 Å². The molecule has 1 aromatic heterocycles. The third-order valence-corrected chi connectivity index (χ3v) is 3.02. The number of rotatable bonds is 5. The number of aromatic nitrogens is 2. The molecule has 0 bridgehead atoms. The van der Waals surface area contributed by atoms with Crippen LogP contribution >= 0.6 is 0 Å². The van der Waals surface area contributed by atoms with Crippen LogP contribution in [0.25, 0.3) is 0 Å². The summed E-state index contributed by atoms with van der Waals surface area (Å²) in [6, 6.07) is 7.74. The van der Waals surface area contributed by atoms with Gasteiger partial charge in [0.05, 0.1) is 25.0 Å². The summed E-state index contributed by atoms with van der Waals surface area (Å²) in [5.41, 5.74) is 2.09. The molecule has 0 spiro atoms. The average molecular weight is 286 g/mol. The van der Waals surface area contributed by atoms with Crippen molar-refractivity contribution >= 4 is 5.97 Å². The fourth-order valence-corrected chi connectivity index (χ4v) is 1.97. The van der Waals surface area contributed by atoms with E-state index in [0.29, 0.717) is 30.1 Å². The van der Waals surface area contributed by atoms with Gasteiger partial charge in [0.15, 0.2) is 0 Å². The Hall–Kier alpha value is -2.43. The summed E-state index contributed by atoms with van der Waals surface area (Å²) in [4.78, 5) is 20.3. The Morgan fingerprint density at radius 3 is 2.81 bits per heavy atom. The number of hydrogen-bond acceptors (Lipinski definition) is 5. The van der Waals surface area contributed by atoms with E-state index in [1.165, 1.54) is 6.20 Å². The van der Waals surface area contributed by atoms with E-state index in [9.17, 15) is 4.79 Å². The first-order chi connectivity index (χ1) is 10.1. The molecule has 2 aromatic rings. The molecule has 110 valence electrons. The topological polar surface area (TPSA) is 61.3 Å². The van der Waals surface area contributed by atoms with Crippen LogP contribution in [0.4, 0.5) is 0 Å². The normalized spacial score (nSPS) is 10.2. The number of benzene rings is 1. The van der Waals surface area contributed by atoms with E-state index < -0.39 is 0 Å². The molecule has 0 saturated carbocycles. The van der Waals surface area contributed by atoms with Crippen molar-refractivity contribution in [3.8, 4) is 5.75 Å². The van der Waals surface area contributed by atoms with Gasteiger partial charge in [0, 0.05) is 12.6 Å². The largest absolute Gasteiger partial charge is 0.497 e. The molecule has 0 aliphatic heterocycles. The van der Waals surface area contributed by atoms with E-state index in [0.717, 1.165) is 11.3 Å². The molecule has 0 aliphatic carbocycles. The number of carbonyl (C=O) groups excluding carboxylic acids is 1. The van der Waals surface area contributed by atoms with Gasteiger partial charge in [-0.15, -0.1) is 0 Å². The maximum Gasteiger partial charge on any atom is 0.341 e. The fraction of sp³-hybridized carbons (Fsp3) is 0.312. The van der Waals surface area contributed by atoms with Gasteiger partial charge in [-0.2, -0.15) is 0 Å². The minimum Gasteiger partial charge on any atom is -0.497 e. The molecule has 2 rings (SSSR count). The van der Waals surface area contributed by atoms with Gasteiger partial charge in [-0.05, 0) is 31.5 Å². The zero-order valence-corrected chi connectivity index (χ0v) is 12.4. The van der Waals surface area contributed by atoms with Crippen LogP contribution in [0.15, 0.2) is 30.5 Å². The van der Waals surface area contributed by atoms with Crippen LogP contribution in [0, 0.1) is 6.92 Å². The molecule has 0 unspecified atom stereocenters. The minimum absolute atomic E-state index is 0.337. The Morgan fingerprint density at radius 1 is 1.33 bits per heavy atom. The number of ether oxygens (including phenoxy) is 2. The van der Waals surface area contributed by atoms with E-state index >= 15 is 0 Å². The maximum absolute atomic E-state index is 11.7. The molecular weight excluding hydrogens is 268 g/mol. The standard InChI is InChI=1S/C16H18N2O3/c1-4-21-16(19)14-10-17-15(18-11(14)2)9-12-6-5-7-13(8-12)20-3/h5-8,10H,4,9H2,1-3H3. The lowest BCUT2D eigenvalue weighted by Gasteiger charge is -2.07. The number of methoxy groups -OCH3 is 1. The third-order valence-electron chi connectivity index (χ3n) is 3.02. The van der Waals surface area contributed by atoms with E-state index in [1.54, 1.807) is 21.0 Å². The smallest absolute Gasteiger partial charge is 0.341 e. The van der Waals surface area contributed by atoms with E-state index in [2.05, 4.69) is 9.97 Å². The highest BCUT2D eigenvalue weighted by Gasteiger charge is 2.12. The fourth-order valence-electron chi connectivity index (χ4n) is 1.97. The molecule has 0 radical (unpaired) electrons. The first-order valence-corrected chi connectivity index (χ1v) is 6.76. The van der Waals surface area contributed by atoms with Gasteiger partial charge in [-0.25, -0.2) is 14.8 Å². The number of esters is 1. The van der Waals surface area contributed by atoms with Crippen LogP contribution in [0.2, 0.25) is 0 Å². The lowest BCUT2D eigenvalue weighted by atomic mass is 10.1. The van der Waals surface area contributed by atoms with Gasteiger partial charge in [0.1, 0.15) is 11.6 Å². The van der Waals surface area contributed by atoms with Gasteiger partial charge < -0.3 is 9.47 Å². The Balaban J connectivity index is 2.18. The molecule has 0 atom stereocenters. The zero-order chi connectivity index (χ0) is 15.2. The summed E-state index contributed by atoms with van der Waals surface area (Å²) in [5.74, 6) is 1.07. The summed E-state index contributed by atoms with van der Waals surface area (Å²) in [6.45, 7) is 3.89. The van der Waals surface area contributed by atoms with Crippen molar-refractivity contribution in [2.24, 2.45) is 0 Å². The highest BCUT2D eigenvalue weighted by Crippen LogP contribution is 2.15. The van der Waals surface area contributed by atoms with Crippen LogP contribution in [0.3, 0.4) is 0 Å². The van der Waals surface area contributed by atoms with Crippen molar-refractivity contribution < 1.29 is 14.3 Å². The van der Waals surface area contributed by atoms with E-state index in [4.69, 9.17) is 9.47 Å². The number of carbonyl (C=O) groups is 1. The molecule has 0 amide bonds. The Bertz CT molecular complexity index is 641. The first kappa shape index (κ1) is 15.0. The van der Waals surface area contributed by atoms with Crippen LogP contribution in [-0.2, 0) is 11.2 Å². The second-order valence-corrected chi connectivity index (χ2v) is 4.53. The lowest BCUT2D eigenvalue weighted by Crippen LogP contribution is -2.10. The van der Waals surface area contributed by atoms with Gasteiger partial charge in [0.2, 0.25) is 0 Å². The average Bonchev–Trinajstić information content (AvgIpc) is 2.47. The predicted molar refractivity (Wildman–Crippen MR) is 78.5 cm³/mol. The molecule has 5 nitrogen and oxygen atoms in total. The molecule has 0 fully saturated rings. The van der Waals surface area contributed by atoms with Crippen molar-refractivity contribution in [2.75, 3.05) is 13.7 Å². The van der Waals surface area contributed by atoms with Crippen molar-refractivity contribution in [1.82, 2.24) is 9.97 Å². The molecule has 1 heterocycles. The second-order valence-electron chi connectivity index (χ2n) is 4.53. The van der Waals surface area contributed by atoms with E-state index in [1.807, 2.05) is 24.3 Å². The summed E-state index contributed by atoms with van der Waals surface area (Å²) in [7, 11) is 1.63. The lowest BCUT2D eigenvalue weighted by molar-refractivity contribution is 0.0524. The molecule has 0 saturated heterocycles. The molecule has 0 N–H and O–H groups in total. The number of hydrogen-bond donors (Lipinski definition) is 0. The SMILES string of the molecule is CCOC(=O)c1cnc(Cc2cccc(OC)c2)nc1C. The Kier molecular flexibility index (Phi) is 4.87. The molecular formula is C16H18N2O3. The van der Waals surface area contributed by atoms with Crippen molar-refractivity contribution in [1.29, 1.82) is 0 Å². The summed E-state index contributed by atoms with van der Waals surface area (Å²) >= 11 is 0. The number of nitrogens with zero attached hydrogens (tertiary/aromatic N) is 2. The van der Waals surface area contributed by atoms with Gasteiger partial charge >= 0.3 is 5.97 Å². The molecule has 0 aliphatic rings. The highest BCUT2D eigenvalue weighted by atomic mass is 16.5. The van der Waals surface area contributed by atoms with Crippen LogP contribution in [0.5, 0.6) is 5.75 Å². The van der Waals surface area contributed by atoms with Crippen LogP contribution < -0.4 is 4.74 Å². The molecule has 5 heteroatoms.